The van der Waals surface area contributed by atoms with Crippen LogP contribution >= 0.6 is 0 Å². The van der Waals surface area contributed by atoms with Gasteiger partial charge < -0.3 is 10.2 Å². The summed E-state index contributed by atoms with van der Waals surface area (Å²) in [6.45, 7) is 7.16. The van der Waals surface area contributed by atoms with E-state index in [9.17, 15) is 9.90 Å². The highest BCUT2D eigenvalue weighted by atomic mass is 16.4. The third-order valence-corrected chi connectivity index (χ3v) is 10.3. The lowest BCUT2D eigenvalue weighted by Gasteiger charge is -2.62. The van der Waals surface area contributed by atoms with Crippen LogP contribution in [0.25, 0.3) is 0 Å². The molecule has 7 unspecified atom stereocenters. The number of aliphatic hydroxyl groups is 1. The molecule has 4 rings (SSSR count). The van der Waals surface area contributed by atoms with Crippen LogP contribution in [0.15, 0.2) is 0 Å². The molecular weight excluding hydrogens is 336 g/mol. The lowest BCUT2D eigenvalue weighted by Crippen LogP contribution is -2.58. The molecular formula is C24H40O3. The smallest absolute Gasteiger partial charge is 0.303 e. The Bertz CT molecular complexity index is 574. The number of fused-ring (bicyclic) bond motifs is 5. The lowest BCUT2D eigenvalue weighted by molar-refractivity contribution is -0.168. The minimum Gasteiger partial charge on any atom is -0.481 e. The summed E-state index contributed by atoms with van der Waals surface area (Å²) in [5, 5.41) is 20.6. The molecule has 0 bridgehead atoms. The molecule has 3 heteroatoms. The van der Waals surface area contributed by atoms with E-state index in [1.54, 1.807) is 0 Å². The summed E-state index contributed by atoms with van der Waals surface area (Å²) in [6.07, 6.45) is 12.6. The predicted octanol–water partition coefficient (Wildman–Crippen LogP) is 5.51. The fourth-order valence-corrected chi connectivity index (χ4v) is 8.77. The van der Waals surface area contributed by atoms with Gasteiger partial charge in [-0.2, -0.15) is 0 Å². The van der Waals surface area contributed by atoms with Gasteiger partial charge in [-0.1, -0.05) is 33.6 Å². The molecule has 9 atom stereocenters. The number of hydrogen-bond donors (Lipinski definition) is 2. The molecule has 154 valence electrons. The van der Waals surface area contributed by atoms with Crippen LogP contribution in [0.2, 0.25) is 0 Å². The van der Waals surface area contributed by atoms with Gasteiger partial charge in [-0.25, -0.2) is 0 Å². The zero-order valence-electron chi connectivity index (χ0n) is 17.6. The molecule has 2 N–H and O–H groups in total. The second-order valence-electron chi connectivity index (χ2n) is 11.1. The molecule has 0 aromatic carbocycles. The van der Waals surface area contributed by atoms with Crippen molar-refractivity contribution < 1.29 is 15.0 Å². The SMILES string of the molecule is C[C@H](CCC(=O)O)C1CCC2C3CCC4CCCCC4(C)C3C[C@H](O)C21C. The van der Waals surface area contributed by atoms with E-state index in [0.29, 0.717) is 29.1 Å². The van der Waals surface area contributed by atoms with Crippen LogP contribution in [0.4, 0.5) is 0 Å². The van der Waals surface area contributed by atoms with Crippen LogP contribution < -0.4 is 0 Å². The molecule has 0 aromatic rings. The Hall–Kier alpha value is -0.570. The Labute approximate surface area is 165 Å². The first kappa shape index (κ1) is 19.7. The maximum absolute atomic E-state index is 11.5. The van der Waals surface area contributed by atoms with E-state index >= 15 is 0 Å². The van der Waals surface area contributed by atoms with Gasteiger partial charge in [0.2, 0.25) is 0 Å². The summed E-state index contributed by atoms with van der Waals surface area (Å²) in [5.74, 6) is 3.21. The Morgan fingerprint density at radius 2 is 1.85 bits per heavy atom. The standard InChI is InChI=1S/C24H40O3/c1-15(7-12-22(26)27)18-10-11-19-17-9-8-16-6-4-5-13-23(16,2)20(17)14-21(25)24(18,19)3/h15-21,25H,4-14H2,1-3H3,(H,26,27)/t15-,16?,17?,18?,19?,20?,21+,23?,24?/m1/s1. The molecule has 0 radical (unpaired) electrons. The third-order valence-electron chi connectivity index (χ3n) is 10.3. The van der Waals surface area contributed by atoms with Crippen molar-refractivity contribution in [2.75, 3.05) is 0 Å². The highest BCUT2D eigenvalue weighted by Crippen LogP contribution is 2.68. The van der Waals surface area contributed by atoms with Crippen LogP contribution in [-0.4, -0.2) is 22.3 Å². The summed E-state index contributed by atoms with van der Waals surface area (Å²) in [6, 6.07) is 0. The van der Waals surface area contributed by atoms with E-state index in [-0.39, 0.29) is 17.9 Å². The molecule has 0 saturated heterocycles. The Kier molecular flexibility index (Phi) is 5.15. The van der Waals surface area contributed by atoms with E-state index < -0.39 is 5.97 Å². The first-order chi connectivity index (χ1) is 12.8. The molecule has 4 fully saturated rings. The van der Waals surface area contributed by atoms with Gasteiger partial charge in [-0.15, -0.1) is 0 Å². The van der Waals surface area contributed by atoms with Crippen LogP contribution in [0, 0.1) is 46.3 Å². The molecule has 0 aromatic heterocycles. The predicted molar refractivity (Wildman–Crippen MR) is 107 cm³/mol. The van der Waals surface area contributed by atoms with Gasteiger partial charge in [0.1, 0.15) is 0 Å². The van der Waals surface area contributed by atoms with Crippen molar-refractivity contribution in [2.45, 2.75) is 97.5 Å². The summed E-state index contributed by atoms with van der Waals surface area (Å²) >= 11 is 0. The zero-order chi connectivity index (χ0) is 19.4. The van der Waals surface area contributed by atoms with Crippen molar-refractivity contribution in [3.8, 4) is 0 Å². The van der Waals surface area contributed by atoms with E-state index in [4.69, 9.17) is 5.11 Å². The summed E-state index contributed by atoms with van der Waals surface area (Å²) in [7, 11) is 0. The van der Waals surface area contributed by atoms with Crippen LogP contribution in [-0.2, 0) is 4.79 Å². The molecule has 4 saturated carbocycles. The lowest BCUT2D eigenvalue weighted by atomic mass is 9.44. The second kappa shape index (κ2) is 7.04. The van der Waals surface area contributed by atoms with Crippen molar-refractivity contribution >= 4 is 5.97 Å². The van der Waals surface area contributed by atoms with Crippen molar-refractivity contribution in [1.29, 1.82) is 0 Å². The quantitative estimate of drug-likeness (QED) is 0.680. The average Bonchev–Trinajstić information content (AvgIpc) is 2.99. The van der Waals surface area contributed by atoms with Crippen LogP contribution in [0.3, 0.4) is 0 Å². The summed E-state index contributed by atoms with van der Waals surface area (Å²) < 4.78 is 0. The average molecular weight is 377 g/mol. The van der Waals surface area contributed by atoms with Crippen molar-refractivity contribution in [3.05, 3.63) is 0 Å². The molecule has 0 aliphatic heterocycles. The van der Waals surface area contributed by atoms with E-state index in [2.05, 4.69) is 20.8 Å². The molecule has 0 amide bonds. The highest BCUT2D eigenvalue weighted by molar-refractivity contribution is 5.66. The maximum Gasteiger partial charge on any atom is 0.303 e. The third kappa shape index (κ3) is 2.98. The van der Waals surface area contributed by atoms with Crippen LogP contribution in [0.1, 0.15) is 91.4 Å². The molecule has 3 nitrogen and oxygen atoms in total. The normalized spacial score (nSPS) is 50.4. The minimum atomic E-state index is -0.686. The molecule has 0 spiro atoms. The minimum absolute atomic E-state index is 0.00303. The molecule has 4 aliphatic rings. The fourth-order valence-electron chi connectivity index (χ4n) is 8.77. The molecule has 4 aliphatic carbocycles. The largest absolute Gasteiger partial charge is 0.481 e. The number of carbonyl (C=O) groups is 1. The maximum atomic E-state index is 11.5. The zero-order valence-corrected chi connectivity index (χ0v) is 17.6. The fraction of sp³-hybridized carbons (Fsp3) is 0.958. The first-order valence-electron chi connectivity index (χ1n) is 11.7. The van der Waals surface area contributed by atoms with Crippen molar-refractivity contribution in [1.82, 2.24) is 0 Å². The van der Waals surface area contributed by atoms with Gasteiger partial charge in [0.15, 0.2) is 0 Å². The Morgan fingerprint density at radius 3 is 2.59 bits per heavy atom. The molecule has 27 heavy (non-hydrogen) atoms. The number of aliphatic hydroxyl groups excluding tert-OH is 1. The van der Waals surface area contributed by atoms with Gasteiger partial charge in [-0.3, -0.25) is 4.79 Å². The topological polar surface area (TPSA) is 57.5 Å². The summed E-state index contributed by atoms with van der Waals surface area (Å²) in [5.41, 5.74) is 0.452. The van der Waals surface area contributed by atoms with E-state index in [1.165, 1.54) is 51.4 Å². The van der Waals surface area contributed by atoms with Gasteiger partial charge in [0.05, 0.1) is 6.10 Å². The number of hydrogen-bond acceptors (Lipinski definition) is 2. The highest BCUT2D eigenvalue weighted by Gasteiger charge is 2.63. The van der Waals surface area contributed by atoms with E-state index in [1.807, 2.05) is 0 Å². The monoisotopic (exact) mass is 376 g/mol. The van der Waals surface area contributed by atoms with E-state index in [0.717, 1.165) is 24.7 Å². The Morgan fingerprint density at radius 1 is 1.07 bits per heavy atom. The molecule has 0 heterocycles. The van der Waals surface area contributed by atoms with Gasteiger partial charge in [0.25, 0.3) is 0 Å². The summed E-state index contributed by atoms with van der Waals surface area (Å²) in [4.78, 5) is 11.1. The van der Waals surface area contributed by atoms with Crippen molar-refractivity contribution in [3.63, 3.8) is 0 Å². The number of carboxylic acid groups (broad SMARTS) is 1. The first-order valence-corrected chi connectivity index (χ1v) is 11.7. The van der Waals surface area contributed by atoms with Crippen molar-refractivity contribution in [2.24, 2.45) is 46.3 Å². The number of aliphatic carboxylic acids is 1. The second-order valence-corrected chi connectivity index (χ2v) is 11.1. The van der Waals surface area contributed by atoms with Gasteiger partial charge in [0, 0.05) is 6.42 Å². The van der Waals surface area contributed by atoms with Crippen LogP contribution in [0.5, 0.6) is 0 Å². The Balaban J connectivity index is 1.57. The number of carboxylic acids is 1. The van der Waals surface area contributed by atoms with Gasteiger partial charge >= 0.3 is 5.97 Å². The number of rotatable bonds is 4. The van der Waals surface area contributed by atoms with Gasteiger partial charge in [-0.05, 0) is 97.7 Å².